The molecule has 4 fully saturated rings. The van der Waals surface area contributed by atoms with Crippen LogP contribution in [0.1, 0.15) is 116 Å². The van der Waals surface area contributed by atoms with Crippen molar-refractivity contribution in [2.75, 3.05) is 118 Å². The molecule has 4 aliphatic carbocycles. The molecule has 4 aliphatic rings. The third-order valence-corrected chi connectivity index (χ3v) is 15.3. The van der Waals surface area contributed by atoms with Gasteiger partial charge in [-0.1, -0.05) is 106 Å². The van der Waals surface area contributed by atoms with Gasteiger partial charge in [0.25, 0.3) is 0 Å². The van der Waals surface area contributed by atoms with Gasteiger partial charge in [0.1, 0.15) is 32.3 Å². The molecule has 0 aromatic carbocycles. The molecule has 0 bridgehead atoms. The van der Waals surface area contributed by atoms with Crippen molar-refractivity contribution in [3.8, 4) is 11.5 Å². The molecule has 412 valence electrons. The number of hydrogen-bond donors (Lipinski definition) is 1. The zero-order valence-electron chi connectivity index (χ0n) is 42.3. The van der Waals surface area contributed by atoms with E-state index in [2.05, 4.69) is 79.6 Å². The normalized spacial score (nSPS) is 14.7. The van der Waals surface area contributed by atoms with Gasteiger partial charge < -0.3 is 77.4 Å². The molecule has 19 heteroatoms. The van der Waals surface area contributed by atoms with E-state index in [0.29, 0.717) is 112 Å². The van der Waals surface area contributed by atoms with Gasteiger partial charge in [-0.15, -0.1) is 22.7 Å². The number of thiophene rings is 2. The second kappa shape index (κ2) is 59.4. The summed E-state index contributed by atoms with van der Waals surface area (Å²) in [6.45, 7) is 10.1. The molecule has 69 heavy (non-hydrogen) atoms. The van der Waals surface area contributed by atoms with Crippen molar-refractivity contribution in [2.45, 2.75) is 116 Å². The fourth-order valence-electron chi connectivity index (χ4n) is 6.91. The summed E-state index contributed by atoms with van der Waals surface area (Å²) in [5.41, 5.74) is 0. The SMILES string of the molecule is BrCCOCCOCCOCCOc1cc(Br)sc1Br.Brc1cc(OCCOCCOCCOCCOCC2CCCC2)c(Br)s1.C1CCCC1.C1CCCC1.OCC1CCCC1.[CH3-].[CH3-].[CH3-].[CH3-].[Fe+2].[Fe+2]. The fraction of sp³-hybridized carbons (Fsp3) is 0.760. The van der Waals surface area contributed by atoms with Crippen LogP contribution in [0.25, 0.3) is 0 Å². The Bertz CT molecular complexity index is 1270. The van der Waals surface area contributed by atoms with Crippen molar-refractivity contribution in [1.29, 1.82) is 0 Å². The third kappa shape index (κ3) is 48.2. The Balaban J connectivity index is -0.000000278. The van der Waals surface area contributed by atoms with Gasteiger partial charge in [-0.2, -0.15) is 0 Å². The van der Waals surface area contributed by atoms with E-state index in [1.807, 2.05) is 12.1 Å². The Kier molecular flexibility index (Phi) is 68.8. The van der Waals surface area contributed by atoms with Crippen LogP contribution in [-0.4, -0.2) is 123 Å². The van der Waals surface area contributed by atoms with E-state index in [4.69, 9.17) is 47.7 Å². The standard InChI is InChI=1S/C18H28Br2O5S.C12H17Br3O4S.C6H12O.2C5H10.4CH3.2Fe/c19-17-13-16(18(20)26-17)25-12-11-23-8-7-21-5-6-22-9-10-24-14-15-3-1-2-4-15;13-1-2-16-3-4-17-5-6-18-7-8-19-10-9-11(14)20-12(10)15;7-5-6-3-1-2-4-6;2*1-2-4-5-3-1;;;;;;/h13,15H,1-12,14H2;9H,1-8H2;6-7H,1-5H2;2*1-5H2;4*1H3;;/q;;;;;4*-1;2*+2. The Morgan fingerprint density at radius 2 is 0.681 bits per heavy atom. The average molecular weight is 1430 g/mol. The van der Waals surface area contributed by atoms with Crippen LogP contribution in [0, 0.1) is 41.5 Å². The summed E-state index contributed by atoms with van der Waals surface area (Å²) in [4.78, 5) is 0. The molecule has 0 amide bonds. The number of halogens is 5. The van der Waals surface area contributed by atoms with Crippen molar-refractivity contribution in [3.05, 3.63) is 57.0 Å². The zero-order chi connectivity index (χ0) is 45.3. The van der Waals surface area contributed by atoms with Crippen molar-refractivity contribution in [2.24, 2.45) is 11.8 Å². The molecule has 2 heterocycles. The van der Waals surface area contributed by atoms with Gasteiger partial charge in [0.05, 0.1) is 93.5 Å². The predicted octanol–water partition coefficient (Wildman–Crippen LogP) is 15.9. The van der Waals surface area contributed by atoms with E-state index in [-0.39, 0.29) is 63.8 Å². The maximum absolute atomic E-state index is 8.57. The molecule has 2 aromatic rings. The quantitative estimate of drug-likeness (QED) is 0.0383. The number of aliphatic hydroxyl groups excluding tert-OH is 1. The largest absolute Gasteiger partial charge is 2.00 e. The van der Waals surface area contributed by atoms with Crippen LogP contribution in [0.3, 0.4) is 0 Å². The Labute approximate surface area is 492 Å². The molecule has 0 unspecified atom stereocenters. The number of rotatable bonds is 28. The minimum Gasteiger partial charge on any atom is -0.489 e. The molecule has 0 radical (unpaired) electrons. The van der Waals surface area contributed by atoms with Crippen LogP contribution < -0.4 is 9.47 Å². The van der Waals surface area contributed by atoms with Crippen molar-refractivity contribution in [1.82, 2.24) is 0 Å². The smallest absolute Gasteiger partial charge is 0.489 e. The van der Waals surface area contributed by atoms with E-state index in [1.54, 1.807) is 22.7 Å². The van der Waals surface area contributed by atoms with Gasteiger partial charge in [-0.3, -0.25) is 0 Å². The summed E-state index contributed by atoms with van der Waals surface area (Å²) in [6, 6.07) is 3.88. The molecule has 4 saturated carbocycles. The molecule has 0 atom stereocenters. The minimum atomic E-state index is 0. The number of ether oxygens (including phenoxy) is 9. The van der Waals surface area contributed by atoms with E-state index in [0.717, 1.165) is 44.5 Å². The molecule has 1 N–H and O–H groups in total. The van der Waals surface area contributed by atoms with Crippen LogP contribution in [-0.2, 0) is 67.3 Å². The first-order valence-corrected chi connectivity index (χ1v) is 29.2. The summed E-state index contributed by atoms with van der Waals surface area (Å²) in [7, 11) is 0. The Hall–Kier alpha value is 2.12. The summed E-state index contributed by atoms with van der Waals surface area (Å²) in [5, 5.41) is 9.42. The first-order valence-electron chi connectivity index (χ1n) is 23.3. The van der Waals surface area contributed by atoms with Crippen molar-refractivity contribution < 1.29 is 81.9 Å². The molecule has 10 nitrogen and oxygen atoms in total. The number of aliphatic hydroxyl groups is 1. The van der Waals surface area contributed by atoms with Crippen LogP contribution in [0.4, 0.5) is 0 Å². The first kappa shape index (κ1) is 80.0. The summed E-state index contributed by atoms with van der Waals surface area (Å²) in [5.74, 6) is 3.11. The zero-order valence-corrected chi connectivity index (χ0v) is 54.1. The maximum Gasteiger partial charge on any atom is 2.00 e. The first-order chi connectivity index (χ1) is 30.9. The van der Waals surface area contributed by atoms with Crippen LogP contribution in [0.5, 0.6) is 11.5 Å². The minimum absolute atomic E-state index is 0. The van der Waals surface area contributed by atoms with Gasteiger partial charge in [0, 0.05) is 30.7 Å². The number of alkyl halides is 1. The maximum atomic E-state index is 8.57. The topological polar surface area (TPSA) is 103 Å². The monoisotopic (exact) mass is 1420 g/mol. The molecule has 2 aromatic heterocycles. The molecule has 0 saturated heterocycles. The molecule has 0 aliphatic heterocycles. The average Bonchev–Trinajstić information content (AvgIpc) is 4.15. The Morgan fingerprint density at radius 3 is 0.942 bits per heavy atom. The molecular weight excluding hydrogens is 1340 g/mol. The van der Waals surface area contributed by atoms with Crippen LogP contribution in [0.15, 0.2) is 27.3 Å². The molecular formula is C50H89Br5Fe2O10S2. The summed E-state index contributed by atoms with van der Waals surface area (Å²) >= 11 is 20.2. The van der Waals surface area contributed by atoms with Crippen LogP contribution >= 0.6 is 102 Å². The number of hydrogen-bond acceptors (Lipinski definition) is 12. The fourth-order valence-corrected chi connectivity index (χ4v) is 12.4. The molecule has 6 rings (SSSR count). The third-order valence-electron chi connectivity index (χ3n) is 10.4. The van der Waals surface area contributed by atoms with Gasteiger partial charge in [-0.05, 0) is 101 Å². The molecule has 0 spiro atoms. The van der Waals surface area contributed by atoms with E-state index in [1.165, 1.54) is 116 Å². The van der Waals surface area contributed by atoms with Gasteiger partial charge in [0.2, 0.25) is 0 Å². The van der Waals surface area contributed by atoms with Crippen LogP contribution in [0.2, 0.25) is 0 Å². The van der Waals surface area contributed by atoms with Gasteiger partial charge in [-0.25, -0.2) is 0 Å². The van der Waals surface area contributed by atoms with Gasteiger partial charge >= 0.3 is 34.1 Å². The second-order valence-corrected chi connectivity index (χ2v) is 23.8. The van der Waals surface area contributed by atoms with E-state index < -0.39 is 0 Å². The van der Waals surface area contributed by atoms with E-state index in [9.17, 15) is 0 Å². The Morgan fingerprint density at radius 1 is 0.406 bits per heavy atom. The van der Waals surface area contributed by atoms with E-state index >= 15 is 0 Å². The van der Waals surface area contributed by atoms with Crippen molar-refractivity contribution in [3.63, 3.8) is 0 Å². The second-order valence-electron chi connectivity index (χ2n) is 15.5. The van der Waals surface area contributed by atoms with Crippen molar-refractivity contribution >= 4 is 102 Å². The van der Waals surface area contributed by atoms with Gasteiger partial charge in [0.15, 0.2) is 0 Å². The summed E-state index contributed by atoms with van der Waals surface area (Å²) < 4.78 is 53.3. The predicted molar refractivity (Wildman–Crippen MR) is 303 cm³/mol. The summed E-state index contributed by atoms with van der Waals surface area (Å²) in [6.07, 6.45) is 25.6.